The summed E-state index contributed by atoms with van der Waals surface area (Å²) in [7, 11) is -6.09. The van der Waals surface area contributed by atoms with Crippen LogP contribution in [-0.4, -0.2) is 24.8 Å². The largest absolute Gasteiger partial charge is 0.741 e. The molecular formula is C14H8F6N2O4S. The number of halogens is 6. The lowest BCUT2D eigenvalue weighted by atomic mass is 10.0. The van der Waals surface area contributed by atoms with E-state index in [-0.39, 0.29) is 17.0 Å². The van der Waals surface area contributed by atoms with Crippen molar-refractivity contribution in [3.8, 4) is 16.9 Å². The quantitative estimate of drug-likeness (QED) is 0.305. The Morgan fingerprint density at radius 1 is 0.889 bits per heavy atom. The minimum absolute atomic E-state index is 0.167. The minimum atomic E-state index is -6.09. The molecule has 0 radical (unpaired) electrons. The molecule has 0 unspecified atom stereocenters. The summed E-state index contributed by atoms with van der Waals surface area (Å²) in [6, 6.07) is 12.0. The summed E-state index contributed by atoms with van der Waals surface area (Å²) in [4.78, 5) is 3.05. The van der Waals surface area contributed by atoms with Gasteiger partial charge in [-0.15, -0.1) is 13.2 Å². The van der Waals surface area contributed by atoms with Crippen molar-refractivity contribution in [3.05, 3.63) is 53.5 Å². The van der Waals surface area contributed by atoms with E-state index in [0.29, 0.717) is 5.56 Å². The fourth-order valence-electron chi connectivity index (χ4n) is 1.69. The summed E-state index contributed by atoms with van der Waals surface area (Å²) in [5, 5.41) is 8.87. The number of nitrogens with zero attached hydrogens (tertiary/aromatic N) is 2. The number of diazo groups is 1. The highest BCUT2D eigenvalue weighted by Crippen LogP contribution is 2.38. The normalized spacial score (nSPS) is 11.8. The average molecular weight is 414 g/mol. The summed E-state index contributed by atoms with van der Waals surface area (Å²) in [6.07, 6.45) is -4.78. The van der Waals surface area contributed by atoms with Crippen molar-refractivity contribution in [2.24, 2.45) is 0 Å². The highest BCUT2D eigenvalue weighted by Gasteiger charge is 2.37. The molecule has 0 aliphatic carbocycles. The number of para-hydroxylation sites is 1. The predicted octanol–water partition coefficient (Wildman–Crippen LogP) is 4.79. The van der Waals surface area contributed by atoms with Gasteiger partial charge in [-0.25, -0.2) is 8.42 Å². The number of rotatable bonds is 2. The Labute approximate surface area is 148 Å². The first-order chi connectivity index (χ1) is 12.3. The van der Waals surface area contributed by atoms with Gasteiger partial charge in [0, 0.05) is 11.6 Å². The van der Waals surface area contributed by atoms with Crippen LogP contribution in [0.5, 0.6) is 5.75 Å². The second kappa shape index (κ2) is 8.23. The van der Waals surface area contributed by atoms with Crippen molar-refractivity contribution < 1.29 is 44.0 Å². The molecular weight excluding hydrogens is 406 g/mol. The Balaban J connectivity index is 0.000000387. The summed E-state index contributed by atoms with van der Waals surface area (Å²) >= 11 is 0. The van der Waals surface area contributed by atoms with E-state index >= 15 is 0 Å². The molecule has 0 saturated carbocycles. The third-order valence-corrected chi connectivity index (χ3v) is 3.27. The van der Waals surface area contributed by atoms with E-state index in [4.69, 9.17) is 18.4 Å². The summed E-state index contributed by atoms with van der Waals surface area (Å²) in [6.45, 7) is 0. The zero-order chi connectivity index (χ0) is 20.9. The third-order valence-electron chi connectivity index (χ3n) is 2.70. The van der Waals surface area contributed by atoms with Crippen molar-refractivity contribution in [1.82, 2.24) is 0 Å². The van der Waals surface area contributed by atoms with Crippen LogP contribution in [0.15, 0.2) is 48.5 Å². The van der Waals surface area contributed by atoms with E-state index < -0.39 is 22.0 Å². The Morgan fingerprint density at radius 2 is 1.33 bits per heavy atom. The Kier molecular flexibility index (Phi) is 6.76. The number of benzene rings is 2. The maximum atomic E-state index is 12.3. The average Bonchev–Trinajstić information content (AvgIpc) is 2.52. The van der Waals surface area contributed by atoms with Crippen LogP contribution in [0, 0.1) is 5.39 Å². The van der Waals surface area contributed by atoms with Gasteiger partial charge in [0.15, 0.2) is 15.1 Å². The minimum Gasteiger partial charge on any atom is -0.741 e. The van der Waals surface area contributed by atoms with Gasteiger partial charge in [-0.2, -0.15) is 13.2 Å². The summed E-state index contributed by atoms with van der Waals surface area (Å²) < 4.78 is 99.8. The molecule has 0 spiro atoms. The van der Waals surface area contributed by atoms with Gasteiger partial charge in [-0.05, 0) is 12.1 Å². The van der Waals surface area contributed by atoms with Gasteiger partial charge in [0.2, 0.25) is 5.39 Å². The Morgan fingerprint density at radius 3 is 1.78 bits per heavy atom. The second-order valence-electron chi connectivity index (χ2n) is 4.56. The van der Waals surface area contributed by atoms with Gasteiger partial charge in [0.1, 0.15) is 5.75 Å². The van der Waals surface area contributed by atoms with Crippen molar-refractivity contribution in [2.75, 3.05) is 0 Å². The Hall–Kier alpha value is -2.85. The summed E-state index contributed by atoms with van der Waals surface area (Å²) in [5.41, 5.74) is -4.92. The molecule has 0 saturated heterocycles. The molecule has 6 nitrogen and oxygen atoms in total. The SMILES string of the molecule is N#[N+]c1ccccc1-c1ccccc1OC(F)(F)F.O=S(=O)([O-])C(F)(F)F. The fraction of sp³-hybridized carbons (Fsp3) is 0.143. The van der Waals surface area contributed by atoms with Crippen LogP contribution >= 0.6 is 0 Å². The number of ether oxygens (including phenoxy) is 1. The molecule has 27 heavy (non-hydrogen) atoms. The lowest BCUT2D eigenvalue weighted by Gasteiger charge is -2.12. The van der Waals surface area contributed by atoms with Crippen molar-refractivity contribution in [2.45, 2.75) is 11.9 Å². The Bertz CT molecular complexity index is 936. The molecule has 2 aromatic carbocycles. The first kappa shape index (κ1) is 22.2. The van der Waals surface area contributed by atoms with Crippen LogP contribution < -0.4 is 4.74 Å². The van der Waals surface area contributed by atoms with Crippen LogP contribution in [0.1, 0.15) is 0 Å². The highest BCUT2D eigenvalue weighted by molar-refractivity contribution is 7.86. The van der Waals surface area contributed by atoms with E-state index in [0.717, 1.165) is 0 Å². The molecule has 0 amide bonds. The molecule has 0 N–H and O–H groups in total. The number of hydrogen-bond acceptors (Lipinski definition) is 5. The molecule has 0 heterocycles. The maximum Gasteiger partial charge on any atom is 0.573 e. The molecule has 0 aliphatic rings. The second-order valence-corrected chi connectivity index (χ2v) is 5.93. The highest BCUT2D eigenvalue weighted by atomic mass is 32.2. The molecule has 0 atom stereocenters. The molecule has 0 fully saturated rings. The molecule has 2 aromatic rings. The van der Waals surface area contributed by atoms with Crippen LogP contribution in [0.3, 0.4) is 0 Å². The predicted molar refractivity (Wildman–Crippen MR) is 79.1 cm³/mol. The van der Waals surface area contributed by atoms with Crippen LogP contribution in [-0.2, 0) is 10.1 Å². The zero-order valence-corrected chi connectivity index (χ0v) is 13.6. The van der Waals surface area contributed by atoms with Gasteiger partial charge >= 0.3 is 17.6 Å². The monoisotopic (exact) mass is 414 g/mol. The van der Waals surface area contributed by atoms with Gasteiger partial charge in [-0.3, -0.25) is 0 Å². The lowest BCUT2D eigenvalue weighted by Crippen LogP contribution is -2.21. The third kappa shape index (κ3) is 6.76. The molecule has 0 aliphatic heterocycles. The topological polar surface area (TPSA) is 94.6 Å². The van der Waals surface area contributed by atoms with Crippen LogP contribution in [0.2, 0.25) is 0 Å². The lowest BCUT2D eigenvalue weighted by molar-refractivity contribution is -0.274. The van der Waals surface area contributed by atoms with Gasteiger partial charge in [0.25, 0.3) is 0 Å². The van der Waals surface area contributed by atoms with E-state index in [9.17, 15) is 26.3 Å². The molecule has 0 bridgehead atoms. The van der Waals surface area contributed by atoms with E-state index in [1.54, 1.807) is 24.3 Å². The van der Waals surface area contributed by atoms with E-state index in [2.05, 4.69) is 9.71 Å². The summed E-state index contributed by atoms with van der Waals surface area (Å²) in [5.74, 6) is -0.342. The maximum absolute atomic E-state index is 12.3. The zero-order valence-electron chi connectivity index (χ0n) is 12.8. The first-order valence-corrected chi connectivity index (χ1v) is 7.98. The van der Waals surface area contributed by atoms with E-state index in [1.165, 1.54) is 24.3 Å². The van der Waals surface area contributed by atoms with Crippen LogP contribution in [0.25, 0.3) is 16.1 Å². The van der Waals surface area contributed by atoms with Crippen LogP contribution in [0.4, 0.5) is 32.0 Å². The van der Waals surface area contributed by atoms with E-state index in [1.807, 2.05) is 0 Å². The smallest absolute Gasteiger partial charge is 0.573 e. The van der Waals surface area contributed by atoms with Crippen molar-refractivity contribution in [1.29, 1.82) is 5.39 Å². The van der Waals surface area contributed by atoms with Crippen molar-refractivity contribution >= 4 is 15.8 Å². The van der Waals surface area contributed by atoms with Gasteiger partial charge < -0.3 is 9.29 Å². The molecule has 146 valence electrons. The van der Waals surface area contributed by atoms with Crippen molar-refractivity contribution in [3.63, 3.8) is 0 Å². The molecule has 0 aromatic heterocycles. The molecule has 13 heteroatoms. The number of alkyl halides is 6. The molecule has 2 rings (SSSR count). The first-order valence-electron chi connectivity index (χ1n) is 6.57. The standard InChI is InChI=1S/C13H8F3N2O.CHF3O3S/c14-13(15,16)19-12-8-4-2-6-10(12)9-5-1-3-7-11(9)18-17;2-1(3,4)8(5,6)7/h1-8H;(H,5,6,7)/q+1;/p-1. The van der Waals surface area contributed by atoms with Gasteiger partial charge in [-0.1, -0.05) is 30.3 Å². The van der Waals surface area contributed by atoms with Gasteiger partial charge in [0.05, 0.1) is 5.56 Å². The fourth-order valence-corrected chi connectivity index (χ4v) is 1.69. The number of hydrogen-bond donors (Lipinski definition) is 0.